The Morgan fingerprint density at radius 1 is 1.20 bits per heavy atom. The van der Waals surface area contributed by atoms with Crippen molar-refractivity contribution < 1.29 is 25.2 Å². The Morgan fingerprint density at radius 3 is 2.45 bits per heavy atom. The van der Waals surface area contributed by atoms with E-state index in [4.69, 9.17) is 20.4 Å². The molecule has 1 aliphatic heterocycles. The van der Waals surface area contributed by atoms with Crippen molar-refractivity contribution in [3.63, 3.8) is 0 Å². The Balaban J connectivity index is 0.000000147. The van der Waals surface area contributed by atoms with Gasteiger partial charge in [0.1, 0.15) is 30.2 Å². The van der Waals surface area contributed by atoms with E-state index in [-0.39, 0.29) is 0 Å². The molecule has 4 atom stereocenters. The topological polar surface area (TPSA) is 145 Å². The van der Waals surface area contributed by atoms with Crippen LogP contribution in [-0.2, 0) is 4.74 Å². The Labute approximate surface area is 113 Å². The molecule has 5 N–H and O–H groups in total. The second-order valence-corrected chi connectivity index (χ2v) is 4.29. The van der Waals surface area contributed by atoms with Gasteiger partial charge in [-0.3, -0.25) is 0 Å². The van der Waals surface area contributed by atoms with Crippen molar-refractivity contribution >= 4 is 11.2 Å². The van der Waals surface area contributed by atoms with Gasteiger partial charge in [0.2, 0.25) is 0 Å². The summed E-state index contributed by atoms with van der Waals surface area (Å²) in [5, 5.41) is 35.0. The van der Waals surface area contributed by atoms with Gasteiger partial charge in [-0.25, -0.2) is 15.0 Å². The van der Waals surface area contributed by atoms with Gasteiger partial charge in [0.15, 0.2) is 11.9 Å². The maximum atomic E-state index is 8.93. The number of imidazole rings is 1. The summed E-state index contributed by atoms with van der Waals surface area (Å²) in [4.78, 5) is 14.9. The Bertz CT molecular complexity index is 562. The van der Waals surface area contributed by atoms with Gasteiger partial charge in [0.25, 0.3) is 0 Å². The largest absolute Gasteiger partial charge is 0.394 e. The van der Waals surface area contributed by atoms with Gasteiger partial charge >= 0.3 is 0 Å². The van der Waals surface area contributed by atoms with Crippen LogP contribution in [-0.4, -0.2) is 71.6 Å². The summed E-state index contributed by atoms with van der Waals surface area (Å²) in [5.41, 5.74) is 2.58. The minimum absolute atomic E-state index is 0.407. The maximum Gasteiger partial charge on any atom is 0.184 e. The first-order valence-corrected chi connectivity index (χ1v) is 5.95. The third-order valence-electron chi connectivity index (χ3n) is 2.93. The summed E-state index contributed by atoms with van der Waals surface area (Å²) in [5.74, 6) is 0. The summed E-state index contributed by atoms with van der Waals surface area (Å²) in [6, 6.07) is 0. The number of hydrogen-bond donors (Lipinski definition) is 5. The van der Waals surface area contributed by atoms with Crippen LogP contribution in [0.2, 0.25) is 0 Å². The molecule has 0 amide bonds. The first kappa shape index (κ1) is 14.8. The molecule has 0 bridgehead atoms. The molecule has 20 heavy (non-hydrogen) atoms. The van der Waals surface area contributed by atoms with Crippen LogP contribution in [0.25, 0.3) is 11.2 Å². The fourth-order valence-corrected chi connectivity index (χ4v) is 1.77. The lowest BCUT2D eigenvalue weighted by Crippen LogP contribution is -2.33. The van der Waals surface area contributed by atoms with E-state index in [1.54, 1.807) is 6.33 Å². The van der Waals surface area contributed by atoms with Crippen molar-refractivity contribution in [3.8, 4) is 0 Å². The van der Waals surface area contributed by atoms with Crippen LogP contribution in [0.5, 0.6) is 0 Å². The standard InChI is InChI=1S/C6H6N4.C5H10O5/c1-4-5-6(9-2-7-4)10-3-8-5;6-1-2-3(7)4(8)5(9)10-2/h2-3H,1H3,(H,7,8,9,10);2-9H,1H2/t;2-,3-,4-,5+/m.1/s1. The van der Waals surface area contributed by atoms with Crippen LogP contribution in [0.3, 0.4) is 0 Å². The molecule has 2 aromatic heterocycles. The molecule has 1 fully saturated rings. The molecule has 0 aliphatic carbocycles. The first-order chi connectivity index (χ1) is 9.54. The number of aromatic amines is 1. The molecular weight excluding hydrogens is 268 g/mol. The molecule has 9 nitrogen and oxygen atoms in total. The molecule has 0 spiro atoms. The van der Waals surface area contributed by atoms with Crippen LogP contribution >= 0.6 is 0 Å². The number of aliphatic hydroxyl groups excluding tert-OH is 4. The van der Waals surface area contributed by atoms with E-state index in [0.29, 0.717) is 0 Å². The fourth-order valence-electron chi connectivity index (χ4n) is 1.77. The summed E-state index contributed by atoms with van der Waals surface area (Å²) in [6.45, 7) is 1.51. The van der Waals surface area contributed by atoms with Crippen molar-refractivity contribution in [1.82, 2.24) is 19.9 Å². The molecule has 3 rings (SSSR count). The zero-order valence-corrected chi connectivity index (χ0v) is 10.7. The monoisotopic (exact) mass is 284 g/mol. The van der Waals surface area contributed by atoms with E-state index in [0.717, 1.165) is 16.9 Å². The SMILES string of the molecule is Cc1ncnc2nc[nH]c12.OC[C@H]1O[C@H](O)[C@H](O)[C@@H]1O. The highest BCUT2D eigenvalue weighted by Gasteiger charge is 2.41. The van der Waals surface area contributed by atoms with Gasteiger partial charge in [-0.05, 0) is 6.92 Å². The summed E-state index contributed by atoms with van der Waals surface area (Å²) in [7, 11) is 0. The highest BCUT2D eigenvalue weighted by atomic mass is 16.6. The number of rotatable bonds is 1. The number of nitrogens with one attached hydrogen (secondary N) is 1. The summed E-state index contributed by atoms with van der Waals surface area (Å²) >= 11 is 0. The van der Waals surface area contributed by atoms with E-state index in [1.165, 1.54) is 6.33 Å². The quantitative estimate of drug-likeness (QED) is 0.407. The van der Waals surface area contributed by atoms with E-state index >= 15 is 0 Å². The number of fused-ring (bicyclic) bond motifs is 1. The van der Waals surface area contributed by atoms with E-state index in [1.807, 2.05) is 6.92 Å². The Kier molecular flexibility index (Phi) is 4.57. The molecule has 110 valence electrons. The molecule has 0 saturated carbocycles. The van der Waals surface area contributed by atoms with Crippen molar-refractivity contribution in [2.75, 3.05) is 6.61 Å². The molecule has 1 aliphatic rings. The number of hydrogen-bond acceptors (Lipinski definition) is 8. The lowest BCUT2D eigenvalue weighted by molar-refractivity contribution is -0.132. The summed E-state index contributed by atoms with van der Waals surface area (Å²) in [6.07, 6.45) is -1.63. The Morgan fingerprint density at radius 2 is 1.95 bits per heavy atom. The smallest absolute Gasteiger partial charge is 0.184 e. The number of aromatic nitrogens is 4. The molecule has 3 heterocycles. The zero-order chi connectivity index (χ0) is 14.7. The molecular formula is C11H16N4O5. The van der Waals surface area contributed by atoms with Crippen LogP contribution in [0, 0.1) is 6.92 Å². The first-order valence-electron chi connectivity index (χ1n) is 5.95. The predicted octanol–water partition coefficient (Wildman–Crippen LogP) is -1.92. The number of aryl methyl sites for hydroxylation is 1. The molecule has 0 unspecified atom stereocenters. The van der Waals surface area contributed by atoms with Crippen molar-refractivity contribution in [2.24, 2.45) is 0 Å². The minimum atomic E-state index is -1.38. The fraction of sp³-hybridized carbons (Fsp3) is 0.545. The lowest BCUT2D eigenvalue weighted by Gasteiger charge is -2.09. The zero-order valence-electron chi connectivity index (χ0n) is 10.7. The number of aliphatic hydroxyl groups is 4. The third-order valence-corrected chi connectivity index (χ3v) is 2.93. The van der Waals surface area contributed by atoms with Crippen molar-refractivity contribution in [3.05, 3.63) is 18.3 Å². The molecule has 9 heteroatoms. The predicted molar refractivity (Wildman–Crippen MR) is 66.4 cm³/mol. The normalized spacial score (nSPS) is 29.2. The second kappa shape index (κ2) is 6.20. The lowest BCUT2D eigenvalue weighted by atomic mass is 10.1. The molecule has 2 aromatic rings. The number of H-pyrrole nitrogens is 1. The van der Waals surface area contributed by atoms with Gasteiger partial charge in [-0.1, -0.05) is 0 Å². The minimum Gasteiger partial charge on any atom is -0.394 e. The number of ether oxygens (including phenoxy) is 1. The summed E-state index contributed by atoms with van der Waals surface area (Å²) < 4.78 is 4.54. The van der Waals surface area contributed by atoms with E-state index < -0.39 is 31.2 Å². The Hall–Kier alpha value is -1.65. The molecule has 1 saturated heterocycles. The van der Waals surface area contributed by atoms with Crippen molar-refractivity contribution in [1.29, 1.82) is 0 Å². The van der Waals surface area contributed by atoms with E-state index in [2.05, 4.69) is 24.7 Å². The van der Waals surface area contributed by atoms with Gasteiger partial charge in [-0.2, -0.15) is 0 Å². The van der Waals surface area contributed by atoms with Gasteiger partial charge in [0, 0.05) is 0 Å². The van der Waals surface area contributed by atoms with Crippen molar-refractivity contribution in [2.45, 2.75) is 31.5 Å². The average Bonchev–Trinajstić information content (AvgIpc) is 3.01. The van der Waals surface area contributed by atoms with Crippen LogP contribution in [0.15, 0.2) is 12.7 Å². The van der Waals surface area contributed by atoms with Crippen LogP contribution in [0.1, 0.15) is 5.69 Å². The number of nitrogens with zero attached hydrogens (tertiary/aromatic N) is 3. The molecule has 0 aromatic carbocycles. The second-order valence-electron chi connectivity index (χ2n) is 4.29. The van der Waals surface area contributed by atoms with Gasteiger partial charge < -0.3 is 30.1 Å². The van der Waals surface area contributed by atoms with Crippen LogP contribution in [0.4, 0.5) is 0 Å². The van der Waals surface area contributed by atoms with E-state index in [9.17, 15) is 0 Å². The maximum absolute atomic E-state index is 8.93. The van der Waals surface area contributed by atoms with Gasteiger partial charge in [-0.15, -0.1) is 0 Å². The molecule has 0 radical (unpaired) electrons. The van der Waals surface area contributed by atoms with Gasteiger partial charge in [0.05, 0.1) is 18.6 Å². The highest BCUT2D eigenvalue weighted by Crippen LogP contribution is 2.18. The highest BCUT2D eigenvalue weighted by molar-refractivity contribution is 5.71. The van der Waals surface area contributed by atoms with Crippen LogP contribution < -0.4 is 0 Å². The average molecular weight is 284 g/mol. The third kappa shape index (κ3) is 2.92.